The molecule has 2 amide bonds. The SMILES string of the molecule is O=C(CCC(=O)N1CCNCC1c1cccc(Cl)c1)N1CCOCC1. The highest BCUT2D eigenvalue weighted by atomic mass is 35.5. The maximum Gasteiger partial charge on any atom is 0.223 e. The number of rotatable bonds is 4. The predicted octanol–water partition coefficient (Wildman–Crippen LogP) is 1.45. The van der Waals surface area contributed by atoms with Crippen molar-refractivity contribution in [2.45, 2.75) is 18.9 Å². The largest absolute Gasteiger partial charge is 0.378 e. The molecule has 136 valence electrons. The molecule has 2 fully saturated rings. The second-order valence-electron chi connectivity index (χ2n) is 6.36. The number of nitrogens with one attached hydrogen (secondary N) is 1. The van der Waals surface area contributed by atoms with Gasteiger partial charge in [-0.25, -0.2) is 0 Å². The summed E-state index contributed by atoms with van der Waals surface area (Å²) in [5.41, 5.74) is 1.02. The minimum atomic E-state index is -0.0431. The third kappa shape index (κ3) is 4.71. The van der Waals surface area contributed by atoms with E-state index in [0.717, 1.165) is 12.1 Å². The van der Waals surface area contributed by atoms with Gasteiger partial charge in [-0.05, 0) is 17.7 Å². The Bertz CT molecular complexity index is 619. The summed E-state index contributed by atoms with van der Waals surface area (Å²) in [6.45, 7) is 4.49. The summed E-state index contributed by atoms with van der Waals surface area (Å²) >= 11 is 6.10. The fraction of sp³-hybridized carbons (Fsp3) is 0.556. The van der Waals surface area contributed by atoms with E-state index >= 15 is 0 Å². The molecule has 2 saturated heterocycles. The first-order chi connectivity index (χ1) is 12.1. The summed E-state index contributed by atoms with van der Waals surface area (Å²) in [5.74, 6) is 0.0548. The zero-order valence-electron chi connectivity index (χ0n) is 14.2. The minimum Gasteiger partial charge on any atom is -0.378 e. The molecule has 1 aromatic rings. The van der Waals surface area contributed by atoms with Crippen LogP contribution in [-0.2, 0) is 14.3 Å². The van der Waals surface area contributed by atoms with E-state index in [0.29, 0.717) is 44.4 Å². The molecule has 1 atom stereocenters. The fourth-order valence-electron chi connectivity index (χ4n) is 3.34. The van der Waals surface area contributed by atoms with Gasteiger partial charge in [0.1, 0.15) is 0 Å². The van der Waals surface area contributed by atoms with Crippen LogP contribution in [0.2, 0.25) is 5.02 Å². The number of piperazine rings is 1. The van der Waals surface area contributed by atoms with E-state index in [1.54, 1.807) is 4.90 Å². The van der Waals surface area contributed by atoms with Crippen molar-refractivity contribution in [3.8, 4) is 0 Å². The molecule has 0 radical (unpaired) electrons. The van der Waals surface area contributed by atoms with Crippen LogP contribution in [0.4, 0.5) is 0 Å². The molecule has 0 saturated carbocycles. The molecule has 7 heteroatoms. The van der Waals surface area contributed by atoms with Crippen LogP contribution in [0.15, 0.2) is 24.3 Å². The van der Waals surface area contributed by atoms with Gasteiger partial charge in [0, 0.05) is 50.6 Å². The molecule has 1 N–H and O–H groups in total. The van der Waals surface area contributed by atoms with Crippen LogP contribution in [-0.4, -0.2) is 67.6 Å². The van der Waals surface area contributed by atoms with Gasteiger partial charge < -0.3 is 19.9 Å². The molecule has 0 aliphatic carbocycles. The maximum atomic E-state index is 12.7. The van der Waals surface area contributed by atoms with E-state index in [2.05, 4.69) is 5.32 Å². The summed E-state index contributed by atoms with van der Waals surface area (Å²) in [4.78, 5) is 28.6. The topological polar surface area (TPSA) is 61.9 Å². The second kappa shape index (κ2) is 8.65. The van der Waals surface area contributed by atoms with Gasteiger partial charge in [-0.2, -0.15) is 0 Å². The van der Waals surface area contributed by atoms with Crippen LogP contribution in [0.3, 0.4) is 0 Å². The van der Waals surface area contributed by atoms with Gasteiger partial charge >= 0.3 is 0 Å². The van der Waals surface area contributed by atoms with Crippen molar-refractivity contribution in [3.05, 3.63) is 34.9 Å². The van der Waals surface area contributed by atoms with Gasteiger partial charge in [-0.3, -0.25) is 9.59 Å². The Balaban J connectivity index is 1.60. The fourth-order valence-corrected chi connectivity index (χ4v) is 3.54. The van der Waals surface area contributed by atoms with Crippen molar-refractivity contribution in [2.24, 2.45) is 0 Å². The zero-order valence-corrected chi connectivity index (χ0v) is 15.0. The molecule has 2 aliphatic heterocycles. The molecule has 1 unspecified atom stereocenters. The highest BCUT2D eigenvalue weighted by Gasteiger charge is 2.28. The number of carbonyl (C=O) groups excluding carboxylic acids is 2. The van der Waals surface area contributed by atoms with Gasteiger partial charge in [-0.15, -0.1) is 0 Å². The number of morpholine rings is 1. The number of hydrogen-bond donors (Lipinski definition) is 1. The standard InChI is InChI=1S/C18H24ClN3O3/c19-15-3-1-2-14(12-15)16-13-20-6-7-22(16)18(24)5-4-17(23)21-8-10-25-11-9-21/h1-3,12,16,20H,4-11,13H2. The summed E-state index contributed by atoms with van der Waals surface area (Å²) in [6.07, 6.45) is 0.498. The van der Waals surface area contributed by atoms with Gasteiger partial charge in [-0.1, -0.05) is 23.7 Å². The van der Waals surface area contributed by atoms with Crippen molar-refractivity contribution >= 4 is 23.4 Å². The number of ether oxygens (including phenoxy) is 1. The number of hydrogen-bond acceptors (Lipinski definition) is 4. The first-order valence-corrected chi connectivity index (χ1v) is 9.14. The first-order valence-electron chi connectivity index (χ1n) is 8.76. The average molecular weight is 366 g/mol. The highest BCUT2D eigenvalue weighted by Crippen LogP contribution is 2.25. The summed E-state index contributed by atoms with van der Waals surface area (Å²) in [5, 5.41) is 3.99. The van der Waals surface area contributed by atoms with E-state index in [1.807, 2.05) is 29.2 Å². The van der Waals surface area contributed by atoms with Crippen molar-refractivity contribution in [1.29, 1.82) is 0 Å². The van der Waals surface area contributed by atoms with Gasteiger partial charge in [0.2, 0.25) is 11.8 Å². The Morgan fingerprint density at radius 1 is 1.16 bits per heavy atom. The Morgan fingerprint density at radius 2 is 1.92 bits per heavy atom. The summed E-state index contributed by atoms with van der Waals surface area (Å²) < 4.78 is 5.26. The molecule has 3 rings (SSSR count). The van der Waals surface area contributed by atoms with E-state index < -0.39 is 0 Å². The summed E-state index contributed by atoms with van der Waals surface area (Å²) in [6, 6.07) is 7.57. The van der Waals surface area contributed by atoms with E-state index in [9.17, 15) is 9.59 Å². The van der Waals surface area contributed by atoms with Crippen molar-refractivity contribution in [3.63, 3.8) is 0 Å². The average Bonchev–Trinajstić information content (AvgIpc) is 2.66. The molecular weight excluding hydrogens is 342 g/mol. The smallest absolute Gasteiger partial charge is 0.223 e. The summed E-state index contributed by atoms with van der Waals surface area (Å²) in [7, 11) is 0. The minimum absolute atomic E-state index is 0.0214. The molecule has 2 aliphatic rings. The molecule has 0 spiro atoms. The molecule has 0 aromatic heterocycles. The van der Waals surface area contributed by atoms with Crippen LogP contribution in [0.25, 0.3) is 0 Å². The number of benzene rings is 1. The second-order valence-corrected chi connectivity index (χ2v) is 6.79. The third-order valence-corrected chi connectivity index (χ3v) is 4.95. The van der Waals surface area contributed by atoms with Crippen molar-refractivity contribution in [2.75, 3.05) is 45.9 Å². The van der Waals surface area contributed by atoms with E-state index in [1.165, 1.54) is 0 Å². The zero-order chi connectivity index (χ0) is 17.6. The van der Waals surface area contributed by atoms with Crippen LogP contribution >= 0.6 is 11.6 Å². The van der Waals surface area contributed by atoms with E-state index in [-0.39, 0.29) is 30.7 Å². The normalized spacial score (nSPS) is 21.2. The van der Waals surface area contributed by atoms with Crippen molar-refractivity contribution < 1.29 is 14.3 Å². The highest BCUT2D eigenvalue weighted by molar-refractivity contribution is 6.30. The van der Waals surface area contributed by atoms with Crippen LogP contribution in [0, 0.1) is 0 Å². The lowest BCUT2D eigenvalue weighted by molar-refractivity contribution is -0.140. The Labute approximate surface area is 153 Å². The Hall–Kier alpha value is -1.63. The van der Waals surface area contributed by atoms with Gasteiger partial charge in [0.25, 0.3) is 0 Å². The first kappa shape index (κ1) is 18.2. The van der Waals surface area contributed by atoms with Crippen molar-refractivity contribution in [1.82, 2.24) is 15.1 Å². The lowest BCUT2D eigenvalue weighted by Crippen LogP contribution is -2.49. The number of amides is 2. The number of carbonyl (C=O) groups is 2. The number of halogens is 1. The molecule has 25 heavy (non-hydrogen) atoms. The van der Waals surface area contributed by atoms with Crippen LogP contribution in [0.1, 0.15) is 24.4 Å². The molecule has 2 heterocycles. The molecule has 1 aromatic carbocycles. The van der Waals surface area contributed by atoms with Gasteiger partial charge in [0.15, 0.2) is 0 Å². The lowest BCUT2D eigenvalue weighted by Gasteiger charge is -2.37. The van der Waals surface area contributed by atoms with Crippen LogP contribution < -0.4 is 5.32 Å². The Kier molecular flexibility index (Phi) is 6.29. The monoisotopic (exact) mass is 365 g/mol. The lowest BCUT2D eigenvalue weighted by atomic mass is 10.0. The maximum absolute atomic E-state index is 12.7. The molecular formula is C18H24ClN3O3. The number of nitrogens with zero attached hydrogens (tertiary/aromatic N) is 2. The third-order valence-electron chi connectivity index (χ3n) is 4.71. The van der Waals surface area contributed by atoms with Gasteiger partial charge in [0.05, 0.1) is 19.3 Å². The quantitative estimate of drug-likeness (QED) is 0.877. The Morgan fingerprint density at radius 3 is 2.68 bits per heavy atom. The predicted molar refractivity (Wildman–Crippen MR) is 95.4 cm³/mol. The van der Waals surface area contributed by atoms with Crippen LogP contribution in [0.5, 0.6) is 0 Å². The molecule has 0 bridgehead atoms. The van der Waals surface area contributed by atoms with E-state index in [4.69, 9.17) is 16.3 Å². The molecule has 6 nitrogen and oxygen atoms in total.